The number of hydrogen-bond acceptors (Lipinski definition) is 5. The molecule has 2 rings (SSSR count). The molecule has 7 nitrogen and oxygen atoms in total. The quantitative estimate of drug-likeness (QED) is 0.390. The van der Waals surface area contributed by atoms with Crippen molar-refractivity contribution in [2.75, 3.05) is 6.61 Å². The average molecular weight is 316 g/mol. The predicted octanol–water partition coefficient (Wildman–Crippen LogP) is 1.51. The summed E-state index contributed by atoms with van der Waals surface area (Å²) in [7, 11) is 0. The Morgan fingerprint density at radius 2 is 1.96 bits per heavy atom. The Hall–Kier alpha value is -2.96. The van der Waals surface area contributed by atoms with E-state index in [4.69, 9.17) is 4.74 Å². The standard InChI is InChI=1S/C16H16N2O5/c1-9-14(11(3)19)10(2)17-15(9)13(20)8-23-16(21)12-6-4-5-7-18(12)22/h4-7,17H,8H2,1-3H3. The number of aryl methyl sites for hydroxylation is 1. The van der Waals surface area contributed by atoms with Gasteiger partial charge in [0.05, 0.1) is 5.69 Å². The molecule has 23 heavy (non-hydrogen) atoms. The minimum absolute atomic E-state index is 0.149. The van der Waals surface area contributed by atoms with E-state index in [-0.39, 0.29) is 17.2 Å². The number of Topliss-reactive ketones (excluding diaryl/α,β-unsaturated/α-hetero) is 2. The van der Waals surface area contributed by atoms with Crippen molar-refractivity contribution in [1.29, 1.82) is 0 Å². The molecule has 7 heteroatoms. The number of H-pyrrole nitrogens is 1. The molecule has 0 fully saturated rings. The molecular formula is C16H16N2O5. The van der Waals surface area contributed by atoms with Crippen molar-refractivity contribution in [2.24, 2.45) is 0 Å². The first-order valence-corrected chi connectivity index (χ1v) is 6.91. The van der Waals surface area contributed by atoms with Crippen LogP contribution >= 0.6 is 0 Å². The maximum atomic E-state index is 12.2. The monoisotopic (exact) mass is 316 g/mol. The van der Waals surface area contributed by atoms with Gasteiger partial charge in [-0.25, -0.2) is 4.79 Å². The van der Waals surface area contributed by atoms with Gasteiger partial charge in [-0.2, -0.15) is 4.73 Å². The van der Waals surface area contributed by atoms with Gasteiger partial charge < -0.3 is 14.9 Å². The van der Waals surface area contributed by atoms with Crippen LogP contribution < -0.4 is 4.73 Å². The summed E-state index contributed by atoms with van der Waals surface area (Å²) >= 11 is 0. The lowest BCUT2D eigenvalue weighted by Gasteiger charge is -2.05. The van der Waals surface area contributed by atoms with Crippen LogP contribution in [0.25, 0.3) is 0 Å². The fourth-order valence-electron chi connectivity index (χ4n) is 2.42. The Bertz CT molecular complexity index is 792. The highest BCUT2D eigenvalue weighted by Crippen LogP contribution is 2.19. The van der Waals surface area contributed by atoms with Crippen molar-refractivity contribution in [2.45, 2.75) is 20.8 Å². The third-order valence-corrected chi connectivity index (χ3v) is 3.44. The largest absolute Gasteiger partial charge is 0.618 e. The normalized spacial score (nSPS) is 10.4. The van der Waals surface area contributed by atoms with Gasteiger partial charge in [-0.3, -0.25) is 9.59 Å². The van der Waals surface area contributed by atoms with Gasteiger partial charge in [0.2, 0.25) is 5.78 Å². The van der Waals surface area contributed by atoms with Crippen LogP contribution in [-0.4, -0.2) is 29.1 Å². The highest BCUT2D eigenvalue weighted by molar-refractivity contribution is 6.04. The van der Waals surface area contributed by atoms with E-state index < -0.39 is 18.4 Å². The second-order valence-corrected chi connectivity index (χ2v) is 5.09. The molecule has 0 atom stereocenters. The number of hydrogen-bond donors (Lipinski definition) is 1. The highest BCUT2D eigenvalue weighted by Gasteiger charge is 2.22. The number of carbonyl (C=O) groups is 3. The SMILES string of the molecule is CC(=O)c1c(C)[nH]c(C(=O)COC(=O)c2cccc[n+]2[O-])c1C. The molecule has 0 bridgehead atoms. The highest BCUT2D eigenvalue weighted by atomic mass is 16.5. The molecule has 0 aromatic carbocycles. The summed E-state index contributed by atoms with van der Waals surface area (Å²) < 4.78 is 5.24. The molecule has 0 aliphatic carbocycles. The smallest absolute Gasteiger partial charge is 0.405 e. The second kappa shape index (κ2) is 6.43. The van der Waals surface area contributed by atoms with Gasteiger partial charge in [0.1, 0.15) is 0 Å². The van der Waals surface area contributed by atoms with Crippen molar-refractivity contribution in [3.8, 4) is 0 Å². The number of ether oxygens (including phenoxy) is 1. The lowest BCUT2D eigenvalue weighted by atomic mass is 10.1. The van der Waals surface area contributed by atoms with Gasteiger partial charge in [0.25, 0.3) is 0 Å². The summed E-state index contributed by atoms with van der Waals surface area (Å²) in [6, 6.07) is 4.30. The lowest BCUT2D eigenvalue weighted by Crippen LogP contribution is -2.35. The molecule has 0 unspecified atom stereocenters. The zero-order valence-corrected chi connectivity index (χ0v) is 13.0. The van der Waals surface area contributed by atoms with Crippen LogP contribution in [0, 0.1) is 19.1 Å². The molecule has 0 saturated heterocycles. The molecule has 0 amide bonds. The third-order valence-electron chi connectivity index (χ3n) is 3.44. The number of rotatable bonds is 5. The molecule has 2 aromatic heterocycles. The second-order valence-electron chi connectivity index (χ2n) is 5.09. The minimum Gasteiger partial charge on any atom is -0.618 e. The van der Waals surface area contributed by atoms with E-state index in [9.17, 15) is 19.6 Å². The van der Waals surface area contributed by atoms with Crippen LogP contribution in [0.3, 0.4) is 0 Å². The number of aromatic nitrogens is 2. The molecule has 0 saturated carbocycles. The summed E-state index contributed by atoms with van der Waals surface area (Å²) in [5, 5.41) is 11.4. The van der Waals surface area contributed by atoms with E-state index in [0.29, 0.717) is 21.6 Å². The van der Waals surface area contributed by atoms with Gasteiger partial charge >= 0.3 is 11.7 Å². The fraction of sp³-hybridized carbons (Fsp3) is 0.250. The first kappa shape index (κ1) is 16.4. The third kappa shape index (κ3) is 3.28. The Morgan fingerprint density at radius 1 is 1.26 bits per heavy atom. The Kier molecular flexibility index (Phi) is 4.59. The lowest BCUT2D eigenvalue weighted by molar-refractivity contribution is -0.608. The van der Waals surface area contributed by atoms with Gasteiger partial charge in [0.15, 0.2) is 18.6 Å². The van der Waals surface area contributed by atoms with E-state index in [1.54, 1.807) is 13.8 Å². The Balaban J connectivity index is 2.12. The van der Waals surface area contributed by atoms with Crippen LogP contribution in [0.4, 0.5) is 0 Å². The van der Waals surface area contributed by atoms with Crippen molar-refractivity contribution in [3.63, 3.8) is 0 Å². The molecule has 2 aromatic rings. The summed E-state index contributed by atoms with van der Waals surface area (Å²) in [4.78, 5) is 38.4. The molecule has 0 aliphatic rings. The molecule has 1 N–H and O–H groups in total. The van der Waals surface area contributed by atoms with Gasteiger partial charge in [-0.15, -0.1) is 0 Å². The van der Waals surface area contributed by atoms with E-state index in [2.05, 4.69) is 4.98 Å². The number of esters is 1. The van der Waals surface area contributed by atoms with E-state index >= 15 is 0 Å². The number of aromatic amines is 1. The molecule has 0 aliphatic heterocycles. The Morgan fingerprint density at radius 3 is 2.52 bits per heavy atom. The molecule has 2 heterocycles. The zero-order chi connectivity index (χ0) is 17.1. The van der Waals surface area contributed by atoms with Crippen molar-refractivity contribution >= 4 is 17.5 Å². The number of pyridine rings is 1. The first-order chi connectivity index (χ1) is 10.8. The summed E-state index contributed by atoms with van der Waals surface area (Å²) in [6.07, 6.45) is 1.16. The van der Waals surface area contributed by atoms with E-state index in [1.165, 1.54) is 25.1 Å². The number of ketones is 2. The van der Waals surface area contributed by atoms with Gasteiger partial charge in [0, 0.05) is 23.4 Å². The van der Waals surface area contributed by atoms with Crippen molar-refractivity contribution in [1.82, 2.24) is 4.98 Å². The van der Waals surface area contributed by atoms with E-state index in [1.807, 2.05) is 0 Å². The maximum absolute atomic E-state index is 12.2. The van der Waals surface area contributed by atoms with Gasteiger partial charge in [-0.05, 0) is 32.4 Å². The fourth-order valence-corrected chi connectivity index (χ4v) is 2.42. The molecular weight excluding hydrogens is 300 g/mol. The van der Waals surface area contributed by atoms with Crippen LogP contribution in [0.5, 0.6) is 0 Å². The molecule has 0 radical (unpaired) electrons. The van der Waals surface area contributed by atoms with Crippen molar-refractivity contribution < 1.29 is 23.9 Å². The van der Waals surface area contributed by atoms with Gasteiger partial charge in [-0.1, -0.05) is 0 Å². The summed E-state index contributed by atoms with van der Waals surface area (Å²) in [5.41, 5.74) is 1.59. The average Bonchev–Trinajstić information content (AvgIpc) is 2.80. The summed E-state index contributed by atoms with van der Waals surface area (Å²) in [5.74, 6) is -1.51. The predicted molar refractivity (Wildman–Crippen MR) is 80.3 cm³/mol. The number of carbonyl (C=O) groups excluding carboxylic acids is 3. The minimum atomic E-state index is -0.887. The zero-order valence-electron chi connectivity index (χ0n) is 13.0. The topological polar surface area (TPSA) is 103 Å². The molecule has 0 spiro atoms. The van der Waals surface area contributed by atoms with Crippen LogP contribution in [-0.2, 0) is 4.74 Å². The van der Waals surface area contributed by atoms with Crippen LogP contribution in [0.1, 0.15) is 49.5 Å². The van der Waals surface area contributed by atoms with Crippen LogP contribution in [0.15, 0.2) is 24.4 Å². The van der Waals surface area contributed by atoms with Crippen molar-refractivity contribution in [3.05, 3.63) is 57.8 Å². The Labute approximate surface area is 132 Å². The number of nitrogens with one attached hydrogen (secondary N) is 1. The first-order valence-electron chi connectivity index (χ1n) is 6.91. The van der Waals surface area contributed by atoms with E-state index in [0.717, 1.165) is 6.20 Å². The summed E-state index contributed by atoms with van der Waals surface area (Å²) in [6.45, 7) is 4.24. The number of nitrogens with zero attached hydrogens (tertiary/aromatic N) is 1. The van der Waals surface area contributed by atoms with Crippen LogP contribution in [0.2, 0.25) is 0 Å². The maximum Gasteiger partial charge on any atom is 0.405 e. The molecule has 120 valence electrons.